The third-order valence-electron chi connectivity index (χ3n) is 2.53. The fourth-order valence-electron chi connectivity index (χ4n) is 1.70. The molecule has 2 heterocycles. The van der Waals surface area contributed by atoms with Gasteiger partial charge in [-0.15, -0.1) is 11.6 Å². The first-order valence-electron chi connectivity index (χ1n) is 4.77. The highest BCUT2D eigenvalue weighted by Crippen LogP contribution is 2.34. The SMILES string of the molecule is O=[N+]([O-])c1nccn1[C@@H]1O[C@H](CCl)[C@@H](O)[C@H]1F. The number of hydrogen-bond donors (Lipinski definition) is 1. The first kappa shape index (κ1) is 12.2. The van der Waals surface area contributed by atoms with Gasteiger partial charge in [0.25, 0.3) is 0 Å². The van der Waals surface area contributed by atoms with Gasteiger partial charge in [0.05, 0.1) is 5.88 Å². The molecule has 1 aromatic rings. The first-order valence-corrected chi connectivity index (χ1v) is 5.30. The van der Waals surface area contributed by atoms with Crippen molar-refractivity contribution < 1.29 is 19.2 Å². The molecule has 0 spiro atoms. The molecule has 1 fully saturated rings. The van der Waals surface area contributed by atoms with Gasteiger partial charge in [0, 0.05) is 0 Å². The quantitative estimate of drug-likeness (QED) is 0.492. The van der Waals surface area contributed by atoms with Crippen LogP contribution in [0.4, 0.5) is 10.3 Å². The molecule has 2 rings (SSSR count). The number of alkyl halides is 2. The Bertz CT molecular complexity index is 429. The Morgan fingerprint density at radius 2 is 2.47 bits per heavy atom. The number of aromatic nitrogens is 2. The van der Waals surface area contributed by atoms with Crippen molar-refractivity contribution in [2.45, 2.75) is 24.6 Å². The summed E-state index contributed by atoms with van der Waals surface area (Å²) < 4.78 is 19.8. The molecule has 4 atom stereocenters. The van der Waals surface area contributed by atoms with Crippen molar-refractivity contribution in [1.29, 1.82) is 0 Å². The molecule has 0 unspecified atom stereocenters. The lowest BCUT2D eigenvalue weighted by atomic mass is 10.2. The van der Waals surface area contributed by atoms with E-state index in [9.17, 15) is 19.6 Å². The maximum absolute atomic E-state index is 13.7. The summed E-state index contributed by atoms with van der Waals surface area (Å²) in [7, 11) is 0. The van der Waals surface area contributed by atoms with Crippen molar-refractivity contribution in [1.82, 2.24) is 9.55 Å². The van der Waals surface area contributed by atoms with E-state index in [1.54, 1.807) is 0 Å². The zero-order valence-electron chi connectivity index (χ0n) is 8.44. The number of aliphatic hydroxyl groups excluding tert-OH is 1. The van der Waals surface area contributed by atoms with Crippen LogP contribution in [0.5, 0.6) is 0 Å². The van der Waals surface area contributed by atoms with Crippen LogP contribution in [-0.4, -0.2) is 43.8 Å². The Labute approximate surface area is 99.9 Å². The molecule has 0 aliphatic carbocycles. The summed E-state index contributed by atoms with van der Waals surface area (Å²) in [6, 6.07) is 0. The highest BCUT2D eigenvalue weighted by atomic mass is 35.5. The van der Waals surface area contributed by atoms with Gasteiger partial charge in [0.1, 0.15) is 24.6 Å². The zero-order valence-corrected chi connectivity index (χ0v) is 9.20. The van der Waals surface area contributed by atoms with Gasteiger partial charge in [0.15, 0.2) is 6.17 Å². The van der Waals surface area contributed by atoms with Gasteiger partial charge in [-0.2, -0.15) is 4.57 Å². The Kier molecular flexibility index (Phi) is 3.27. The number of nitrogens with zero attached hydrogens (tertiary/aromatic N) is 3. The largest absolute Gasteiger partial charge is 0.436 e. The van der Waals surface area contributed by atoms with Gasteiger partial charge >= 0.3 is 5.95 Å². The van der Waals surface area contributed by atoms with E-state index in [-0.39, 0.29) is 5.88 Å². The number of rotatable bonds is 3. The Morgan fingerprint density at radius 1 is 1.76 bits per heavy atom. The summed E-state index contributed by atoms with van der Waals surface area (Å²) in [6.45, 7) is 0. The summed E-state index contributed by atoms with van der Waals surface area (Å²) in [5.74, 6) is -0.638. The molecule has 1 aliphatic rings. The third-order valence-corrected chi connectivity index (χ3v) is 2.84. The van der Waals surface area contributed by atoms with E-state index in [1.807, 2.05) is 0 Å². The van der Waals surface area contributed by atoms with Crippen LogP contribution < -0.4 is 0 Å². The van der Waals surface area contributed by atoms with E-state index in [1.165, 1.54) is 6.20 Å². The molecule has 0 amide bonds. The van der Waals surface area contributed by atoms with Gasteiger partial charge in [-0.05, 0) is 4.92 Å². The fourth-order valence-corrected chi connectivity index (χ4v) is 1.96. The Hall–Kier alpha value is -1.25. The Morgan fingerprint density at radius 3 is 3.00 bits per heavy atom. The second-order valence-electron chi connectivity index (χ2n) is 3.55. The number of imidazole rings is 1. The van der Waals surface area contributed by atoms with E-state index in [0.717, 1.165) is 10.8 Å². The van der Waals surface area contributed by atoms with E-state index >= 15 is 0 Å². The average molecular weight is 266 g/mol. The highest BCUT2D eigenvalue weighted by Gasteiger charge is 2.47. The molecule has 0 saturated carbocycles. The van der Waals surface area contributed by atoms with Crippen molar-refractivity contribution in [3.63, 3.8) is 0 Å². The minimum absolute atomic E-state index is 0.0966. The maximum atomic E-state index is 13.7. The minimum atomic E-state index is -1.79. The fraction of sp³-hybridized carbons (Fsp3) is 0.625. The molecule has 0 radical (unpaired) electrons. The predicted octanol–water partition coefficient (Wildman–Crippen LogP) is 0.626. The summed E-state index contributed by atoms with van der Waals surface area (Å²) >= 11 is 5.49. The van der Waals surface area contributed by atoms with Crippen molar-refractivity contribution in [3.05, 3.63) is 22.5 Å². The number of aliphatic hydroxyl groups is 1. The summed E-state index contributed by atoms with van der Waals surface area (Å²) in [6.07, 6.45) is -2.98. The highest BCUT2D eigenvalue weighted by molar-refractivity contribution is 6.18. The summed E-state index contributed by atoms with van der Waals surface area (Å²) in [4.78, 5) is 13.4. The van der Waals surface area contributed by atoms with Crippen LogP contribution >= 0.6 is 11.6 Å². The molecule has 7 nitrogen and oxygen atoms in total. The molecular weight excluding hydrogens is 257 g/mol. The normalized spacial score (nSPS) is 32.9. The minimum Gasteiger partial charge on any atom is -0.390 e. The number of halogens is 2. The van der Waals surface area contributed by atoms with Gasteiger partial charge < -0.3 is 20.0 Å². The number of hydrogen-bond acceptors (Lipinski definition) is 5. The Balaban J connectivity index is 2.29. The van der Waals surface area contributed by atoms with Crippen LogP contribution in [0.3, 0.4) is 0 Å². The molecule has 1 aromatic heterocycles. The second-order valence-corrected chi connectivity index (χ2v) is 3.85. The van der Waals surface area contributed by atoms with Crippen LogP contribution in [-0.2, 0) is 4.74 Å². The molecule has 17 heavy (non-hydrogen) atoms. The molecule has 0 aromatic carbocycles. The van der Waals surface area contributed by atoms with Crippen molar-refractivity contribution in [2.24, 2.45) is 0 Å². The van der Waals surface area contributed by atoms with Crippen molar-refractivity contribution >= 4 is 17.5 Å². The third kappa shape index (κ3) is 1.99. The molecule has 0 bridgehead atoms. The molecular formula is C8H9ClFN3O4. The lowest BCUT2D eigenvalue weighted by molar-refractivity contribution is -0.398. The van der Waals surface area contributed by atoms with Crippen LogP contribution in [0.25, 0.3) is 0 Å². The van der Waals surface area contributed by atoms with E-state index in [0.29, 0.717) is 0 Å². The summed E-state index contributed by atoms with van der Waals surface area (Å²) in [5, 5.41) is 20.1. The number of nitro groups is 1. The van der Waals surface area contributed by atoms with Crippen molar-refractivity contribution in [3.8, 4) is 0 Å². The zero-order chi connectivity index (χ0) is 12.6. The molecule has 9 heteroatoms. The maximum Gasteiger partial charge on any atom is 0.436 e. The van der Waals surface area contributed by atoms with Gasteiger partial charge in [0.2, 0.25) is 6.23 Å². The lowest BCUT2D eigenvalue weighted by Gasteiger charge is -2.11. The van der Waals surface area contributed by atoms with Crippen LogP contribution in [0, 0.1) is 10.1 Å². The molecule has 1 N–H and O–H groups in total. The standard InChI is InChI=1S/C8H9ClFN3O4/c9-3-4-6(14)5(10)7(17-4)12-2-1-11-8(12)13(15)16/h1-2,4-7,14H,3H2/t4-,5-,6-,7-/m1/s1. The predicted molar refractivity (Wildman–Crippen MR) is 54.4 cm³/mol. The van der Waals surface area contributed by atoms with Gasteiger partial charge in [-0.25, -0.2) is 4.39 Å². The molecule has 1 saturated heterocycles. The number of ether oxygens (including phenoxy) is 1. The topological polar surface area (TPSA) is 90.4 Å². The average Bonchev–Trinajstić information content (AvgIpc) is 2.86. The van der Waals surface area contributed by atoms with Gasteiger partial charge in [-0.1, -0.05) is 4.98 Å². The van der Waals surface area contributed by atoms with E-state index in [2.05, 4.69) is 4.98 Å². The molecule has 1 aliphatic heterocycles. The van der Waals surface area contributed by atoms with Gasteiger partial charge in [-0.3, -0.25) is 0 Å². The lowest BCUT2D eigenvalue weighted by Crippen LogP contribution is -2.29. The monoisotopic (exact) mass is 265 g/mol. The summed E-state index contributed by atoms with van der Waals surface area (Å²) in [5.41, 5.74) is 0. The van der Waals surface area contributed by atoms with Crippen LogP contribution in [0.1, 0.15) is 6.23 Å². The van der Waals surface area contributed by atoms with E-state index in [4.69, 9.17) is 16.3 Å². The smallest absolute Gasteiger partial charge is 0.390 e. The van der Waals surface area contributed by atoms with Crippen molar-refractivity contribution in [2.75, 3.05) is 5.88 Å². The van der Waals surface area contributed by atoms with Crippen LogP contribution in [0.2, 0.25) is 0 Å². The first-order chi connectivity index (χ1) is 8.06. The second kappa shape index (κ2) is 4.55. The van der Waals surface area contributed by atoms with E-state index < -0.39 is 35.5 Å². The van der Waals surface area contributed by atoms with Crippen LogP contribution in [0.15, 0.2) is 12.4 Å². The molecule has 94 valence electrons.